The van der Waals surface area contributed by atoms with Crippen LogP contribution in [0.3, 0.4) is 0 Å². The lowest BCUT2D eigenvalue weighted by Crippen LogP contribution is -2.12. The summed E-state index contributed by atoms with van der Waals surface area (Å²) in [5.41, 5.74) is 0. The van der Waals surface area contributed by atoms with Crippen LogP contribution >= 0.6 is 0 Å². The molecule has 114 valence electrons. The molecule has 2 saturated heterocycles. The number of aliphatic hydroxyl groups excluding tert-OH is 2. The van der Waals surface area contributed by atoms with Crippen molar-refractivity contribution < 1.29 is 33.9 Å². The number of aliphatic hydroxyl groups is 2. The van der Waals surface area contributed by atoms with E-state index in [-0.39, 0.29) is 13.2 Å². The molecular formula is C12H24O7. The predicted molar refractivity (Wildman–Crippen MR) is 66.1 cm³/mol. The van der Waals surface area contributed by atoms with Gasteiger partial charge in [0.15, 0.2) is 0 Å². The fraction of sp³-hybridized carbons (Fsp3) is 1.00. The van der Waals surface area contributed by atoms with Gasteiger partial charge in [0.25, 0.3) is 0 Å². The maximum Gasteiger partial charge on any atom is 0.104 e. The quantitative estimate of drug-likeness (QED) is 0.363. The normalized spacial score (nSPS) is 23.7. The highest BCUT2D eigenvalue weighted by atomic mass is 16.6. The summed E-state index contributed by atoms with van der Waals surface area (Å²) in [7, 11) is 0. The van der Waals surface area contributed by atoms with Crippen molar-refractivity contribution in [2.75, 3.05) is 66.1 Å². The molecule has 2 atom stereocenters. The van der Waals surface area contributed by atoms with Gasteiger partial charge >= 0.3 is 0 Å². The van der Waals surface area contributed by atoms with Gasteiger partial charge in [0.05, 0.1) is 66.1 Å². The number of hydrogen-bond donors (Lipinski definition) is 2. The zero-order chi connectivity index (χ0) is 13.8. The van der Waals surface area contributed by atoms with Crippen LogP contribution in [0.2, 0.25) is 0 Å². The Kier molecular flexibility index (Phi) is 10.2. The van der Waals surface area contributed by atoms with Gasteiger partial charge in [-0.1, -0.05) is 0 Å². The van der Waals surface area contributed by atoms with E-state index >= 15 is 0 Å². The van der Waals surface area contributed by atoms with Gasteiger partial charge in [-0.3, -0.25) is 0 Å². The molecule has 0 aromatic carbocycles. The van der Waals surface area contributed by atoms with Crippen LogP contribution in [0.5, 0.6) is 0 Å². The van der Waals surface area contributed by atoms with Crippen LogP contribution in [0.25, 0.3) is 0 Å². The number of hydrogen-bond acceptors (Lipinski definition) is 7. The van der Waals surface area contributed by atoms with Gasteiger partial charge in [0, 0.05) is 0 Å². The molecule has 2 aliphatic heterocycles. The standard InChI is InChI=1S/C10H18O5.C2H6O2/c1(3-12-5-9-7-14-9)11-2-4-13-6-10-8-15-10;3-1-2-4/h9-10H,1-8H2;3-4H,1-2H2. The molecule has 7 nitrogen and oxygen atoms in total. The Bertz CT molecular complexity index is 175. The lowest BCUT2D eigenvalue weighted by molar-refractivity contribution is 0.00937. The first kappa shape index (κ1) is 16.8. The van der Waals surface area contributed by atoms with Gasteiger partial charge in [-0.2, -0.15) is 0 Å². The van der Waals surface area contributed by atoms with E-state index in [1.807, 2.05) is 0 Å². The van der Waals surface area contributed by atoms with Gasteiger partial charge in [0.1, 0.15) is 12.2 Å². The van der Waals surface area contributed by atoms with Crippen molar-refractivity contribution in [2.24, 2.45) is 0 Å². The van der Waals surface area contributed by atoms with Crippen molar-refractivity contribution in [1.29, 1.82) is 0 Å². The monoisotopic (exact) mass is 280 g/mol. The van der Waals surface area contributed by atoms with Crippen LogP contribution in [-0.2, 0) is 23.7 Å². The van der Waals surface area contributed by atoms with Gasteiger partial charge in [-0.05, 0) is 0 Å². The van der Waals surface area contributed by atoms with Crippen molar-refractivity contribution in [3.63, 3.8) is 0 Å². The Balaban J connectivity index is 0.000000399. The number of ether oxygens (including phenoxy) is 5. The lowest BCUT2D eigenvalue weighted by atomic mass is 10.5. The van der Waals surface area contributed by atoms with Crippen molar-refractivity contribution >= 4 is 0 Å². The predicted octanol–water partition coefficient (Wildman–Crippen LogP) is -1.20. The minimum Gasteiger partial charge on any atom is -0.394 e. The minimum absolute atomic E-state index is 0.125. The second-order valence-corrected chi connectivity index (χ2v) is 4.12. The van der Waals surface area contributed by atoms with Crippen LogP contribution in [-0.4, -0.2) is 88.5 Å². The molecule has 0 radical (unpaired) electrons. The summed E-state index contributed by atoms with van der Waals surface area (Å²) in [4.78, 5) is 0. The molecule has 7 heteroatoms. The van der Waals surface area contributed by atoms with E-state index < -0.39 is 0 Å². The lowest BCUT2D eigenvalue weighted by Gasteiger charge is -2.05. The fourth-order valence-electron chi connectivity index (χ4n) is 1.10. The number of epoxide rings is 2. The molecule has 2 N–H and O–H groups in total. The summed E-state index contributed by atoms with van der Waals surface area (Å²) in [5.74, 6) is 0. The second kappa shape index (κ2) is 11.5. The summed E-state index contributed by atoms with van der Waals surface area (Å²) >= 11 is 0. The van der Waals surface area contributed by atoms with E-state index in [0.717, 1.165) is 13.2 Å². The first-order valence-corrected chi connectivity index (χ1v) is 6.55. The highest BCUT2D eigenvalue weighted by Crippen LogP contribution is 2.08. The van der Waals surface area contributed by atoms with Crippen molar-refractivity contribution in [3.8, 4) is 0 Å². The van der Waals surface area contributed by atoms with Crippen LogP contribution < -0.4 is 0 Å². The van der Waals surface area contributed by atoms with E-state index in [2.05, 4.69) is 0 Å². The molecule has 0 spiro atoms. The highest BCUT2D eigenvalue weighted by Gasteiger charge is 2.22. The van der Waals surface area contributed by atoms with E-state index in [1.165, 1.54) is 0 Å². The second-order valence-electron chi connectivity index (χ2n) is 4.12. The van der Waals surface area contributed by atoms with E-state index in [0.29, 0.717) is 51.8 Å². The average Bonchev–Trinajstić information content (AvgIpc) is 3.30. The first-order valence-electron chi connectivity index (χ1n) is 6.55. The third kappa shape index (κ3) is 12.5. The Hall–Kier alpha value is -0.280. The molecule has 0 aliphatic carbocycles. The van der Waals surface area contributed by atoms with E-state index in [1.54, 1.807) is 0 Å². The maximum absolute atomic E-state index is 7.62. The van der Waals surface area contributed by atoms with Crippen molar-refractivity contribution in [2.45, 2.75) is 12.2 Å². The summed E-state index contributed by atoms with van der Waals surface area (Å²) < 4.78 is 25.9. The van der Waals surface area contributed by atoms with E-state index in [9.17, 15) is 0 Å². The Morgan fingerprint density at radius 2 is 1.11 bits per heavy atom. The molecular weight excluding hydrogens is 256 g/mol. The van der Waals surface area contributed by atoms with Crippen LogP contribution in [0.1, 0.15) is 0 Å². The summed E-state index contributed by atoms with van der Waals surface area (Å²) in [6.07, 6.45) is 0.679. The molecule has 0 aromatic rings. The first-order chi connectivity index (χ1) is 9.36. The van der Waals surface area contributed by atoms with Gasteiger partial charge in [-0.25, -0.2) is 0 Å². The summed E-state index contributed by atoms with van der Waals surface area (Å²) in [5, 5.41) is 15.2. The Labute approximate surface area is 113 Å². The third-order valence-corrected chi connectivity index (χ3v) is 2.26. The largest absolute Gasteiger partial charge is 0.394 e. The maximum atomic E-state index is 7.62. The average molecular weight is 280 g/mol. The molecule has 2 aliphatic rings. The molecule has 0 bridgehead atoms. The Morgan fingerprint density at radius 1 is 0.737 bits per heavy atom. The zero-order valence-electron chi connectivity index (χ0n) is 11.2. The third-order valence-electron chi connectivity index (χ3n) is 2.26. The van der Waals surface area contributed by atoms with Gasteiger partial charge < -0.3 is 33.9 Å². The highest BCUT2D eigenvalue weighted by molar-refractivity contribution is 4.67. The van der Waals surface area contributed by atoms with Gasteiger partial charge in [0.2, 0.25) is 0 Å². The van der Waals surface area contributed by atoms with Crippen LogP contribution in [0.4, 0.5) is 0 Å². The van der Waals surface area contributed by atoms with Crippen molar-refractivity contribution in [3.05, 3.63) is 0 Å². The van der Waals surface area contributed by atoms with Gasteiger partial charge in [-0.15, -0.1) is 0 Å². The number of rotatable bonds is 11. The zero-order valence-corrected chi connectivity index (χ0v) is 11.2. The van der Waals surface area contributed by atoms with E-state index in [4.69, 9.17) is 33.9 Å². The van der Waals surface area contributed by atoms with Crippen LogP contribution in [0, 0.1) is 0 Å². The minimum atomic E-state index is -0.125. The molecule has 2 unspecified atom stereocenters. The topological polar surface area (TPSA) is 93.2 Å². The molecule has 0 aromatic heterocycles. The smallest absolute Gasteiger partial charge is 0.104 e. The Morgan fingerprint density at radius 3 is 1.42 bits per heavy atom. The fourth-order valence-corrected chi connectivity index (χ4v) is 1.10. The molecule has 0 saturated carbocycles. The summed E-state index contributed by atoms with van der Waals surface area (Å²) in [6, 6.07) is 0. The SMILES string of the molecule is C(COCC1CO1)OCCOCC1CO1.OCCO. The van der Waals surface area contributed by atoms with Crippen molar-refractivity contribution in [1.82, 2.24) is 0 Å². The summed E-state index contributed by atoms with van der Waals surface area (Å²) in [6.45, 7) is 5.33. The molecule has 2 fully saturated rings. The van der Waals surface area contributed by atoms with Crippen LogP contribution in [0.15, 0.2) is 0 Å². The molecule has 2 heterocycles. The molecule has 0 amide bonds. The molecule has 19 heavy (non-hydrogen) atoms. The molecule has 2 rings (SSSR count).